The van der Waals surface area contributed by atoms with Crippen LogP contribution in [-0.4, -0.2) is 0 Å². The zero-order valence-corrected chi connectivity index (χ0v) is 16.8. The van der Waals surface area contributed by atoms with Crippen LogP contribution in [0, 0.1) is 34.7 Å². The van der Waals surface area contributed by atoms with Crippen molar-refractivity contribution in [2.45, 2.75) is 13.8 Å². The van der Waals surface area contributed by atoms with Crippen LogP contribution < -0.4 is 10.7 Å². The fourth-order valence-electron chi connectivity index (χ4n) is 4.41. The Morgan fingerprint density at radius 2 is 1.32 bits per heavy atom. The molecule has 4 aromatic carbocycles. The van der Waals surface area contributed by atoms with Gasteiger partial charge >= 0.3 is 0 Å². The summed E-state index contributed by atoms with van der Waals surface area (Å²) >= 11 is 13.0. The van der Waals surface area contributed by atoms with E-state index in [4.69, 9.17) is 33.2 Å². The van der Waals surface area contributed by atoms with Crippen molar-refractivity contribution in [2.24, 2.45) is 9.98 Å². The normalized spacial score (nSPS) is 12.9. The molecule has 0 aliphatic carbocycles. The molecule has 0 radical (unpaired) electrons. The van der Waals surface area contributed by atoms with Gasteiger partial charge in [0.1, 0.15) is 0 Å². The first kappa shape index (κ1) is 16.3. The lowest BCUT2D eigenvalue weighted by molar-refractivity contribution is 1.25. The second-order valence-corrected chi connectivity index (χ2v) is 8.12. The Morgan fingerprint density at radius 1 is 0.643 bits per heavy atom. The van der Waals surface area contributed by atoms with Crippen molar-refractivity contribution in [2.75, 3.05) is 0 Å². The van der Waals surface area contributed by atoms with E-state index in [1.165, 1.54) is 10.4 Å². The van der Waals surface area contributed by atoms with Gasteiger partial charge in [0.05, 0.1) is 32.1 Å². The third kappa shape index (κ3) is 1.89. The predicted octanol–water partition coefficient (Wildman–Crippen LogP) is 5.87. The minimum Gasteiger partial charge on any atom is -0.247 e. The van der Waals surface area contributed by atoms with Crippen molar-refractivity contribution in [1.29, 1.82) is 0 Å². The highest BCUT2D eigenvalue weighted by atomic mass is 35.5. The molecule has 0 atom stereocenters. The predicted molar refractivity (Wildman–Crippen MR) is 113 cm³/mol. The van der Waals surface area contributed by atoms with Crippen molar-refractivity contribution in [3.05, 3.63) is 101 Å². The Labute approximate surface area is 170 Å². The molecule has 0 spiro atoms. The molecular weight excluding hydrogens is 387 g/mol. The van der Waals surface area contributed by atoms with E-state index in [2.05, 4.69) is 49.4 Å². The van der Waals surface area contributed by atoms with Crippen LogP contribution in [0.5, 0.6) is 0 Å². The second-order valence-electron chi connectivity index (χ2n) is 7.36. The summed E-state index contributed by atoms with van der Waals surface area (Å²) in [6, 6.07) is 16.9. The Hall–Kier alpha value is -2.68. The van der Waals surface area contributed by atoms with Crippen LogP contribution in [0.15, 0.2) is 58.5 Å². The second kappa shape index (κ2) is 5.44. The maximum Gasteiger partial charge on any atom is 0.0920 e. The first-order valence-corrected chi connectivity index (χ1v) is 9.93. The van der Waals surface area contributed by atoms with E-state index >= 15 is 0 Å². The summed E-state index contributed by atoms with van der Waals surface area (Å²) in [5.41, 5.74) is 4.11. The largest absolute Gasteiger partial charge is 0.247 e. The molecular formula is C24H14Cl2N2. The number of hydrogen-bond acceptors (Lipinski definition) is 2. The molecule has 0 aromatic heterocycles. The van der Waals surface area contributed by atoms with E-state index < -0.39 is 0 Å². The van der Waals surface area contributed by atoms with Crippen LogP contribution in [0.4, 0.5) is 11.4 Å². The summed E-state index contributed by atoms with van der Waals surface area (Å²) in [4.78, 5) is 9.81. The molecule has 0 saturated carbocycles. The minimum absolute atomic E-state index is 0.530. The lowest BCUT2D eigenvalue weighted by Crippen LogP contribution is -2.07. The zero-order chi connectivity index (χ0) is 19.2. The number of benzene rings is 4. The molecule has 2 aliphatic heterocycles. The van der Waals surface area contributed by atoms with Gasteiger partial charge in [-0.25, -0.2) is 9.98 Å². The van der Waals surface area contributed by atoms with Gasteiger partial charge in [0.2, 0.25) is 0 Å². The third-order valence-electron chi connectivity index (χ3n) is 5.97. The molecule has 0 fully saturated rings. The van der Waals surface area contributed by atoms with Crippen molar-refractivity contribution in [3.63, 3.8) is 0 Å². The van der Waals surface area contributed by atoms with Crippen molar-refractivity contribution < 1.29 is 0 Å². The molecule has 0 amide bonds. The van der Waals surface area contributed by atoms with Gasteiger partial charge in [-0.05, 0) is 31.0 Å². The topological polar surface area (TPSA) is 24.7 Å². The SMILES string of the molecule is Cc1c(Cl)c(Cl)c2c(c1C)=c1ccc3c4c(ccc3c1N=2)=c1ccccc1=N4. The molecule has 2 nitrogen and oxygen atoms in total. The van der Waals surface area contributed by atoms with Crippen molar-refractivity contribution in [3.8, 4) is 0 Å². The van der Waals surface area contributed by atoms with E-state index in [1.54, 1.807) is 0 Å². The number of rotatable bonds is 0. The average molecular weight is 401 g/mol. The first-order chi connectivity index (χ1) is 13.6. The smallest absolute Gasteiger partial charge is 0.0920 e. The molecule has 6 rings (SSSR count). The molecule has 0 unspecified atom stereocenters. The number of nitrogens with zero attached hydrogens (tertiary/aromatic N) is 2. The van der Waals surface area contributed by atoms with Gasteiger partial charge < -0.3 is 0 Å². The molecule has 4 aromatic rings. The number of halogens is 2. The van der Waals surface area contributed by atoms with E-state index in [-0.39, 0.29) is 0 Å². The highest BCUT2D eigenvalue weighted by Gasteiger charge is 2.18. The Bertz CT molecular complexity index is 1700. The maximum absolute atomic E-state index is 6.57. The molecule has 28 heavy (non-hydrogen) atoms. The zero-order valence-electron chi connectivity index (χ0n) is 15.3. The van der Waals surface area contributed by atoms with Crippen molar-refractivity contribution >= 4 is 45.3 Å². The standard InChI is InChI=1S/C24H14Cl2N2/c1-11-12(2)20(25)21(26)24-19(11)17-10-9-15-16(23(17)28-24)8-7-14-13-5-3-4-6-18(13)27-22(14)15/h3-10H,1-2H3. The molecule has 0 N–H and O–H groups in total. The number of hydrogen-bond donors (Lipinski definition) is 0. The van der Waals surface area contributed by atoms with Gasteiger partial charge in [0, 0.05) is 31.6 Å². The van der Waals surface area contributed by atoms with Crippen LogP contribution in [0.25, 0.3) is 10.8 Å². The van der Waals surface area contributed by atoms with Gasteiger partial charge in [0.25, 0.3) is 0 Å². The lowest BCUT2D eigenvalue weighted by atomic mass is 10.0. The average Bonchev–Trinajstić information content (AvgIpc) is 3.29. The highest BCUT2D eigenvalue weighted by Crippen LogP contribution is 2.38. The Morgan fingerprint density at radius 3 is 2.11 bits per heavy atom. The van der Waals surface area contributed by atoms with Gasteiger partial charge in [-0.1, -0.05) is 65.7 Å². The Balaban J connectivity index is 1.84. The summed E-state index contributed by atoms with van der Waals surface area (Å²) in [6.07, 6.45) is 0. The van der Waals surface area contributed by atoms with E-state index in [9.17, 15) is 0 Å². The summed E-state index contributed by atoms with van der Waals surface area (Å²) in [7, 11) is 0. The number of fused-ring (bicyclic) bond motifs is 7. The summed E-state index contributed by atoms with van der Waals surface area (Å²) in [6.45, 7) is 4.09. The van der Waals surface area contributed by atoms with Gasteiger partial charge in [-0.2, -0.15) is 0 Å². The van der Waals surface area contributed by atoms with Crippen LogP contribution in [0.1, 0.15) is 11.1 Å². The quantitative estimate of drug-likeness (QED) is 0.304. The summed E-state index contributed by atoms with van der Waals surface area (Å²) < 4.78 is 0. The van der Waals surface area contributed by atoms with Gasteiger partial charge in [0.15, 0.2) is 0 Å². The molecule has 0 saturated heterocycles. The van der Waals surface area contributed by atoms with Crippen molar-refractivity contribution in [1.82, 2.24) is 0 Å². The van der Waals surface area contributed by atoms with Gasteiger partial charge in [-0.15, -0.1) is 0 Å². The lowest BCUT2D eigenvalue weighted by Gasteiger charge is -2.05. The monoisotopic (exact) mass is 400 g/mol. The van der Waals surface area contributed by atoms with E-state index in [0.29, 0.717) is 10.0 Å². The molecule has 2 heterocycles. The van der Waals surface area contributed by atoms with Crippen LogP contribution in [-0.2, 0) is 0 Å². The van der Waals surface area contributed by atoms with E-state index in [0.717, 1.165) is 54.4 Å². The van der Waals surface area contributed by atoms with E-state index in [1.807, 2.05) is 13.0 Å². The molecule has 2 aliphatic rings. The van der Waals surface area contributed by atoms with Crippen LogP contribution >= 0.6 is 23.2 Å². The number of para-hydroxylation sites is 1. The summed E-state index contributed by atoms with van der Waals surface area (Å²) in [5.74, 6) is 0. The molecule has 134 valence electrons. The minimum atomic E-state index is 0.530. The molecule has 4 heteroatoms. The van der Waals surface area contributed by atoms with Crippen LogP contribution in [0.2, 0.25) is 10.0 Å². The summed E-state index contributed by atoms with van der Waals surface area (Å²) in [5, 5.41) is 9.67. The van der Waals surface area contributed by atoms with Gasteiger partial charge in [-0.3, -0.25) is 0 Å². The fourth-order valence-corrected chi connectivity index (χ4v) is 4.92. The first-order valence-electron chi connectivity index (χ1n) is 9.17. The Kier molecular flexibility index (Phi) is 3.16. The van der Waals surface area contributed by atoms with Crippen LogP contribution in [0.3, 0.4) is 0 Å². The molecule has 0 bridgehead atoms. The third-order valence-corrected chi connectivity index (χ3v) is 6.90. The maximum atomic E-state index is 6.57. The fraction of sp³-hybridized carbons (Fsp3) is 0.0833. The highest BCUT2D eigenvalue weighted by molar-refractivity contribution is 6.42.